The average molecular weight is 629 g/mol. The standard InChI is InChI=1S/C20H38O4.C16H30O4/c1-2-3-4-5-6-7-8-9-10-11-12-13-14-15-18-24-20(23)17-16-19(21)22;1-3-4-5-6-7-8-9-10-11-14(2)20-16(19)13-12-15(17)18/h2-18H2,1H3,(H,21,22);14H,3-13H2,1-2H3,(H,17,18). The van der Waals surface area contributed by atoms with Crippen LogP contribution >= 0.6 is 0 Å². The highest BCUT2D eigenvalue weighted by atomic mass is 16.5. The first-order valence-electron chi connectivity index (χ1n) is 18.0. The molecule has 0 bridgehead atoms. The van der Waals surface area contributed by atoms with E-state index in [9.17, 15) is 19.2 Å². The summed E-state index contributed by atoms with van der Waals surface area (Å²) in [5.74, 6) is -2.72. The Kier molecular flexibility index (Phi) is 35.4. The molecular formula is C36H68O8. The van der Waals surface area contributed by atoms with Crippen LogP contribution in [0.1, 0.15) is 194 Å². The molecule has 0 aromatic heterocycles. The number of hydrogen-bond acceptors (Lipinski definition) is 6. The predicted molar refractivity (Wildman–Crippen MR) is 178 cm³/mol. The number of rotatable bonds is 31. The minimum Gasteiger partial charge on any atom is -0.481 e. The summed E-state index contributed by atoms with van der Waals surface area (Å²) < 4.78 is 10.2. The second kappa shape index (κ2) is 35.4. The molecule has 0 heterocycles. The monoisotopic (exact) mass is 628 g/mol. The summed E-state index contributed by atoms with van der Waals surface area (Å²) in [4.78, 5) is 43.1. The molecule has 2 N–H and O–H groups in total. The number of esters is 2. The Labute approximate surface area is 269 Å². The summed E-state index contributed by atoms with van der Waals surface area (Å²) in [7, 11) is 0. The molecule has 0 aliphatic carbocycles. The van der Waals surface area contributed by atoms with Crippen molar-refractivity contribution in [1.29, 1.82) is 0 Å². The molecule has 44 heavy (non-hydrogen) atoms. The van der Waals surface area contributed by atoms with E-state index in [2.05, 4.69) is 13.8 Å². The Morgan fingerprint density at radius 3 is 1.20 bits per heavy atom. The van der Waals surface area contributed by atoms with E-state index in [-0.39, 0.29) is 31.8 Å². The minimum atomic E-state index is -0.960. The average Bonchev–Trinajstić information content (AvgIpc) is 2.98. The number of carbonyl (C=O) groups excluding carboxylic acids is 2. The number of carboxylic acids is 2. The molecule has 0 fully saturated rings. The molecule has 0 saturated heterocycles. The van der Waals surface area contributed by atoms with Crippen LogP contribution in [0.25, 0.3) is 0 Å². The van der Waals surface area contributed by atoms with Crippen molar-refractivity contribution in [3.05, 3.63) is 0 Å². The lowest BCUT2D eigenvalue weighted by molar-refractivity contribution is -0.151. The Bertz CT molecular complexity index is 679. The zero-order valence-corrected chi connectivity index (χ0v) is 28.7. The second-order valence-electron chi connectivity index (χ2n) is 12.2. The molecule has 260 valence electrons. The highest BCUT2D eigenvalue weighted by Crippen LogP contribution is 2.14. The predicted octanol–water partition coefficient (Wildman–Crippen LogP) is 10.2. The topological polar surface area (TPSA) is 127 Å². The van der Waals surface area contributed by atoms with Crippen molar-refractivity contribution in [3.8, 4) is 0 Å². The van der Waals surface area contributed by atoms with Gasteiger partial charge in [-0.3, -0.25) is 19.2 Å². The maximum atomic E-state index is 11.3. The summed E-state index contributed by atoms with van der Waals surface area (Å²) in [6, 6.07) is 0. The van der Waals surface area contributed by atoms with Gasteiger partial charge in [-0.15, -0.1) is 0 Å². The molecule has 0 radical (unpaired) electrons. The van der Waals surface area contributed by atoms with E-state index in [1.165, 1.54) is 122 Å². The summed E-state index contributed by atoms with van der Waals surface area (Å²) in [5, 5.41) is 16.9. The fourth-order valence-corrected chi connectivity index (χ4v) is 4.88. The molecule has 0 spiro atoms. The molecule has 1 atom stereocenters. The number of unbranched alkanes of at least 4 members (excludes halogenated alkanes) is 20. The van der Waals surface area contributed by atoms with E-state index in [0.717, 1.165) is 25.7 Å². The van der Waals surface area contributed by atoms with Crippen LogP contribution in [-0.2, 0) is 28.7 Å². The fraction of sp³-hybridized carbons (Fsp3) is 0.889. The molecule has 1 unspecified atom stereocenters. The lowest BCUT2D eigenvalue weighted by Gasteiger charge is -2.12. The highest BCUT2D eigenvalue weighted by Gasteiger charge is 2.11. The summed E-state index contributed by atoms with van der Waals surface area (Å²) >= 11 is 0. The maximum absolute atomic E-state index is 11.3. The van der Waals surface area contributed by atoms with Gasteiger partial charge in [0.05, 0.1) is 38.4 Å². The van der Waals surface area contributed by atoms with Crippen LogP contribution in [0.2, 0.25) is 0 Å². The first kappa shape index (κ1) is 44.0. The van der Waals surface area contributed by atoms with E-state index < -0.39 is 23.9 Å². The molecule has 0 aliphatic heterocycles. The van der Waals surface area contributed by atoms with Gasteiger partial charge in [0, 0.05) is 0 Å². The van der Waals surface area contributed by atoms with Gasteiger partial charge in [0.1, 0.15) is 0 Å². The number of aliphatic carboxylic acids is 2. The zero-order valence-electron chi connectivity index (χ0n) is 28.7. The number of carbonyl (C=O) groups is 4. The first-order chi connectivity index (χ1) is 21.2. The summed E-state index contributed by atoms with van der Waals surface area (Å²) in [6.45, 7) is 6.78. The smallest absolute Gasteiger partial charge is 0.306 e. The molecule has 0 aromatic carbocycles. The van der Waals surface area contributed by atoms with Crippen molar-refractivity contribution in [3.63, 3.8) is 0 Å². The van der Waals surface area contributed by atoms with Crippen LogP contribution in [0.5, 0.6) is 0 Å². The molecule has 8 nitrogen and oxygen atoms in total. The third kappa shape index (κ3) is 39.9. The fourth-order valence-electron chi connectivity index (χ4n) is 4.88. The van der Waals surface area contributed by atoms with Crippen molar-refractivity contribution in [2.75, 3.05) is 6.61 Å². The molecule has 0 amide bonds. The van der Waals surface area contributed by atoms with Gasteiger partial charge in [0.2, 0.25) is 0 Å². The Morgan fingerprint density at radius 1 is 0.477 bits per heavy atom. The zero-order chi connectivity index (χ0) is 33.1. The Balaban J connectivity index is 0. The van der Waals surface area contributed by atoms with Gasteiger partial charge >= 0.3 is 23.9 Å². The number of hydrogen-bond donors (Lipinski definition) is 2. The molecule has 0 saturated carbocycles. The molecule has 0 aliphatic rings. The van der Waals surface area contributed by atoms with Gasteiger partial charge in [0.25, 0.3) is 0 Å². The van der Waals surface area contributed by atoms with Crippen molar-refractivity contribution < 1.29 is 38.9 Å². The van der Waals surface area contributed by atoms with Crippen molar-refractivity contribution in [2.45, 2.75) is 200 Å². The van der Waals surface area contributed by atoms with Gasteiger partial charge in [-0.2, -0.15) is 0 Å². The van der Waals surface area contributed by atoms with Gasteiger partial charge in [-0.25, -0.2) is 0 Å². The Morgan fingerprint density at radius 2 is 0.818 bits per heavy atom. The highest BCUT2D eigenvalue weighted by molar-refractivity contribution is 5.77. The van der Waals surface area contributed by atoms with Gasteiger partial charge in [-0.05, 0) is 26.2 Å². The van der Waals surface area contributed by atoms with Crippen molar-refractivity contribution in [2.24, 2.45) is 0 Å². The van der Waals surface area contributed by atoms with Crippen LogP contribution in [0, 0.1) is 0 Å². The lowest BCUT2D eigenvalue weighted by atomic mass is 10.0. The third-order valence-corrected chi connectivity index (χ3v) is 7.64. The quantitative estimate of drug-likeness (QED) is 0.0573. The van der Waals surface area contributed by atoms with Gasteiger partial charge in [-0.1, -0.05) is 142 Å². The minimum absolute atomic E-state index is 0.0199. The normalized spacial score (nSPS) is 11.3. The molecule has 8 heteroatoms. The Hall–Kier alpha value is -2.12. The summed E-state index contributed by atoms with van der Waals surface area (Å²) in [5.41, 5.74) is 0. The van der Waals surface area contributed by atoms with Crippen LogP contribution in [0.3, 0.4) is 0 Å². The molecule has 0 rings (SSSR count). The second-order valence-corrected chi connectivity index (χ2v) is 12.2. The maximum Gasteiger partial charge on any atom is 0.306 e. The molecule has 0 aromatic rings. The first-order valence-corrected chi connectivity index (χ1v) is 18.0. The SMILES string of the molecule is CCCCCCCCCCC(C)OC(=O)CCC(=O)O.CCCCCCCCCCCCCCCCOC(=O)CCC(=O)O. The van der Waals surface area contributed by atoms with E-state index >= 15 is 0 Å². The largest absolute Gasteiger partial charge is 0.481 e. The van der Waals surface area contributed by atoms with E-state index in [4.69, 9.17) is 19.7 Å². The van der Waals surface area contributed by atoms with Crippen molar-refractivity contribution >= 4 is 23.9 Å². The van der Waals surface area contributed by atoms with Gasteiger partial charge in [0.15, 0.2) is 0 Å². The third-order valence-electron chi connectivity index (χ3n) is 7.64. The summed E-state index contributed by atoms with van der Waals surface area (Å²) in [6.07, 6.45) is 28.7. The van der Waals surface area contributed by atoms with Crippen molar-refractivity contribution in [1.82, 2.24) is 0 Å². The lowest BCUT2D eigenvalue weighted by Crippen LogP contribution is -2.15. The van der Waals surface area contributed by atoms with Crippen LogP contribution in [0.15, 0.2) is 0 Å². The number of carboxylic acid groups (broad SMARTS) is 2. The van der Waals surface area contributed by atoms with E-state index in [1.807, 2.05) is 6.92 Å². The molecular weight excluding hydrogens is 560 g/mol. The van der Waals surface area contributed by atoms with Gasteiger partial charge < -0.3 is 19.7 Å². The van der Waals surface area contributed by atoms with Crippen LogP contribution in [0.4, 0.5) is 0 Å². The number of ether oxygens (including phenoxy) is 2. The van der Waals surface area contributed by atoms with E-state index in [1.54, 1.807) is 0 Å². The van der Waals surface area contributed by atoms with Crippen LogP contribution in [-0.4, -0.2) is 46.8 Å². The van der Waals surface area contributed by atoms with E-state index in [0.29, 0.717) is 6.61 Å². The van der Waals surface area contributed by atoms with Crippen LogP contribution < -0.4 is 0 Å².